The second-order valence-corrected chi connectivity index (χ2v) is 9.72. The van der Waals surface area contributed by atoms with Crippen LogP contribution < -0.4 is 21.1 Å². The Morgan fingerprint density at radius 3 is 2.21 bits per heavy atom. The fourth-order valence-corrected chi connectivity index (χ4v) is 4.56. The summed E-state index contributed by atoms with van der Waals surface area (Å²) in [7, 11) is 3.43. The highest BCUT2D eigenvalue weighted by molar-refractivity contribution is 5.94. The third-order valence-corrected chi connectivity index (χ3v) is 6.66. The monoisotopic (exact) mass is 513 g/mol. The molecule has 0 fully saturated rings. The zero-order valence-corrected chi connectivity index (χ0v) is 22.8. The number of pyridine rings is 1. The van der Waals surface area contributed by atoms with Crippen LogP contribution in [-0.2, 0) is 17.9 Å². The molecule has 2 aromatic carbocycles. The van der Waals surface area contributed by atoms with Crippen LogP contribution in [0.15, 0.2) is 42.9 Å². The molecule has 0 aliphatic carbocycles. The van der Waals surface area contributed by atoms with Crippen molar-refractivity contribution in [1.29, 1.82) is 0 Å². The first-order valence-corrected chi connectivity index (χ1v) is 12.5. The van der Waals surface area contributed by atoms with E-state index in [1.54, 1.807) is 26.6 Å². The molecule has 38 heavy (non-hydrogen) atoms. The number of nitrogens with one attached hydrogen (secondary N) is 2. The molecule has 0 atom stereocenters. The number of fused-ring (bicyclic) bond motifs is 1. The van der Waals surface area contributed by atoms with E-state index in [2.05, 4.69) is 57.6 Å². The summed E-state index contributed by atoms with van der Waals surface area (Å²) < 4.78 is 5.78. The average molecular weight is 514 g/mol. The molecular formula is C29H35N7O2. The van der Waals surface area contributed by atoms with E-state index in [9.17, 15) is 4.79 Å². The van der Waals surface area contributed by atoms with E-state index in [0.29, 0.717) is 18.9 Å². The molecule has 4 N–H and O–H groups in total. The number of aromatic nitrogens is 3. The van der Waals surface area contributed by atoms with Crippen LogP contribution in [0.25, 0.3) is 10.8 Å². The van der Waals surface area contributed by atoms with Gasteiger partial charge in [0.05, 0.1) is 0 Å². The predicted octanol–water partition coefficient (Wildman–Crippen LogP) is 4.53. The molecule has 0 radical (unpaired) electrons. The zero-order chi connectivity index (χ0) is 27.4. The molecule has 0 unspecified atom stereocenters. The van der Waals surface area contributed by atoms with Gasteiger partial charge in [0.25, 0.3) is 5.91 Å². The molecule has 9 heteroatoms. The maximum Gasteiger partial charge on any atom is 0.259 e. The van der Waals surface area contributed by atoms with Crippen molar-refractivity contribution in [3.05, 3.63) is 76.2 Å². The summed E-state index contributed by atoms with van der Waals surface area (Å²) in [6.07, 6.45) is 3.29. The van der Waals surface area contributed by atoms with Crippen LogP contribution in [0.1, 0.15) is 33.4 Å². The lowest BCUT2D eigenvalue weighted by Crippen LogP contribution is -2.27. The van der Waals surface area contributed by atoms with Crippen molar-refractivity contribution in [2.45, 2.75) is 40.8 Å². The van der Waals surface area contributed by atoms with E-state index >= 15 is 0 Å². The summed E-state index contributed by atoms with van der Waals surface area (Å²) in [5.74, 6) is 2.68. The van der Waals surface area contributed by atoms with Gasteiger partial charge in [-0.05, 0) is 78.6 Å². The first-order valence-electron chi connectivity index (χ1n) is 12.5. The normalized spacial score (nSPS) is 10.9. The maximum atomic E-state index is 11.9. The molecule has 0 bridgehead atoms. The summed E-state index contributed by atoms with van der Waals surface area (Å²) in [4.78, 5) is 26.4. The Labute approximate surface area is 223 Å². The number of nitrogens with two attached hydrogens (primary N) is 1. The topological polar surface area (TPSA) is 118 Å². The van der Waals surface area contributed by atoms with Crippen molar-refractivity contribution in [1.82, 2.24) is 19.9 Å². The van der Waals surface area contributed by atoms with Gasteiger partial charge in [0, 0.05) is 44.8 Å². The number of carbonyl (C=O) groups excluding carboxylic acids is 1. The number of nitrogen functional groups attached to an aromatic ring is 1. The standard InChI is InChI=1S/C29H35N7O2/c1-17-11-23-22(7-8-31-29(23)30)20(4)24(17)14-33-26-12-25(34-16-35-26)32-13-21-9-18(2)28(19(3)10-21)38-15-27(37)36(5)6/h7-12,16H,13-15H2,1-6H3,(H2,30,31)(H2,32,33,34,35). The Morgan fingerprint density at radius 2 is 1.55 bits per heavy atom. The predicted molar refractivity (Wildman–Crippen MR) is 152 cm³/mol. The quantitative estimate of drug-likeness (QED) is 0.299. The van der Waals surface area contributed by atoms with Gasteiger partial charge >= 0.3 is 0 Å². The minimum Gasteiger partial charge on any atom is -0.483 e. The SMILES string of the molecule is Cc1cc2c(N)nccc2c(C)c1CNc1cc(NCc2cc(C)c(OCC(=O)N(C)C)c(C)c2)ncn1. The molecule has 0 saturated carbocycles. The van der Waals surface area contributed by atoms with Gasteiger partial charge in [0.1, 0.15) is 29.5 Å². The van der Waals surface area contributed by atoms with E-state index in [4.69, 9.17) is 10.5 Å². The van der Waals surface area contributed by atoms with Crippen LogP contribution in [0.4, 0.5) is 17.5 Å². The highest BCUT2D eigenvalue weighted by Gasteiger charge is 2.12. The fraction of sp³-hybridized carbons (Fsp3) is 0.310. The van der Waals surface area contributed by atoms with Crippen LogP contribution in [0.5, 0.6) is 5.75 Å². The molecule has 4 rings (SSSR count). The highest BCUT2D eigenvalue weighted by Crippen LogP contribution is 2.29. The second kappa shape index (κ2) is 11.3. The van der Waals surface area contributed by atoms with E-state index in [1.807, 2.05) is 26.0 Å². The molecular weight excluding hydrogens is 478 g/mol. The number of benzene rings is 2. The summed E-state index contributed by atoms with van der Waals surface area (Å²) in [6, 6.07) is 10.1. The van der Waals surface area contributed by atoms with E-state index < -0.39 is 0 Å². The Kier molecular flexibility index (Phi) is 7.95. The van der Waals surface area contributed by atoms with Gasteiger partial charge < -0.3 is 26.0 Å². The van der Waals surface area contributed by atoms with Crippen molar-refractivity contribution in [3.8, 4) is 5.75 Å². The van der Waals surface area contributed by atoms with Crippen LogP contribution >= 0.6 is 0 Å². The molecule has 0 aliphatic heterocycles. The lowest BCUT2D eigenvalue weighted by molar-refractivity contribution is -0.130. The first kappa shape index (κ1) is 26.7. The smallest absolute Gasteiger partial charge is 0.259 e. The Hall–Kier alpha value is -4.40. The zero-order valence-electron chi connectivity index (χ0n) is 22.8. The van der Waals surface area contributed by atoms with Gasteiger partial charge in [-0.25, -0.2) is 15.0 Å². The van der Waals surface area contributed by atoms with Gasteiger partial charge in [0.2, 0.25) is 0 Å². The number of hydrogen-bond donors (Lipinski definition) is 3. The molecule has 9 nitrogen and oxygen atoms in total. The first-order chi connectivity index (χ1) is 18.1. The molecule has 1 amide bonds. The van der Waals surface area contributed by atoms with Crippen LogP contribution in [-0.4, -0.2) is 46.5 Å². The number of likely N-dealkylation sites (N-methyl/N-ethyl adjacent to an activating group) is 1. The van der Waals surface area contributed by atoms with Crippen LogP contribution in [0.2, 0.25) is 0 Å². The average Bonchev–Trinajstić information content (AvgIpc) is 2.87. The number of aryl methyl sites for hydroxylation is 4. The minimum atomic E-state index is -0.0735. The Bertz CT molecular complexity index is 1460. The molecule has 198 valence electrons. The third kappa shape index (κ3) is 5.94. The van der Waals surface area contributed by atoms with Crippen LogP contribution in [0.3, 0.4) is 0 Å². The third-order valence-electron chi connectivity index (χ3n) is 6.66. The number of anilines is 3. The minimum absolute atomic E-state index is 0.0203. The fourth-order valence-electron chi connectivity index (χ4n) is 4.56. The van der Waals surface area contributed by atoms with Crippen molar-refractivity contribution < 1.29 is 9.53 Å². The van der Waals surface area contributed by atoms with Crippen molar-refractivity contribution >= 4 is 34.1 Å². The highest BCUT2D eigenvalue weighted by atomic mass is 16.5. The lowest BCUT2D eigenvalue weighted by Gasteiger charge is -2.16. The van der Waals surface area contributed by atoms with Gasteiger partial charge in [-0.1, -0.05) is 12.1 Å². The van der Waals surface area contributed by atoms with Crippen molar-refractivity contribution in [2.24, 2.45) is 0 Å². The van der Waals surface area contributed by atoms with Gasteiger partial charge in [-0.3, -0.25) is 4.79 Å². The van der Waals surface area contributed by atoms with Crippen molar-refractivity contribution in [3.63, 3.8) is 0 Å². The summed E-state index contributed by atoms with van der Waals surface area (Å²) in [5.41, 5.74) is 12.7. The Morgan fingerprint density at radius 1 is 0.895 bits per heavy atom. The molecule has 2 heterocycles. The van der Waals surface area contributed by atoms with E-state index in [0.717, 1.165) is 50.4 Å². The van der Waals surface area contributed by atoms with E-state index in [-0.39, 0.29) is 12.5 Å². The van der Waals surface area contributed by atoms with Crippen LogP contribution in [0, 0.1) is 27.7 Å². The number of nitrogens with zero attached hydrogens (tertiary/aromatic N) is 4. The lowest BCUT2D eigenvalue weighted by atomic mass is 9.96. The number of amides is 1. The molecule has 2 aromatic heterocycles. The maximum absolute atomic E-state index is 11.9. The molecule has 0 aliphatic rings. The van der Waals surface area contributed by atoms with Gasteiger partial charge in [-0.2, -0.15) is 0 Å². The molecule has 4 aromatic rings. The van der Waals surface area contributed by atoms with Gasteiger partial charge in [-0.15, -0.1) is 0 Å². The van der Waals surface area contributed by atoms with Gasteiger partial charge in [0.15, 0.2) is 6.61 Å². The number of ether oxygens (including phenoxy) is 1. The molecule has 0 saturated heterocycles. The van der Waals surface area contributed by atoms with E-state index in [1.165, 1.54) is 16.0 Å². The number of carbonyl (C=O) groups is 1. The summed E-state index contributed by atoms with van der Waals surface area (Å²) >= 11 is 0. The van der Waals surface area contributed by atoms with Crippen molar-refractivity contribution in [2.75, 3.05) is 37.1 Å². The summed E-state index contributed by atoms with van der Waals surface area (Å²) in [6.45, 7) is 9.41. The second-order valence-electron chi connectivity index (χ2n) is 9.72. The Balaban J connectivity index is 1.41. The molecule has 0 spiro atoms. The summed E-state index contributed by atoms with van der Waals surface area (Å²) in [5, 5.41) is 8.90. The largest absolute Gasteiger partial charge is 0.483 e. The number of hydrogen-bond acceptors (Lipinski definition) is 8. The number of rotatable bonds is 9.